The van der Waals surface area contributed by atoms with E-state index in [1.54, 1.807) is 14.2 Å². The van der Waals surface area contributed by atoms with Crippen LogP contribution in [0.4, 0.5) is 0 Å². The molecule has 1 saturated heterocycles. The molecule has 1 fully saturated rings. The second-order valence-corrected chi connectivity index (χ2v) is 5.38. The van der Waals surface area contributed by atoms with Crippen molar-refractivity contribution in [2.45, 2.75) is 19.3 Å². The fraction of sp³-hybridized carbons (Fsp3) is 0.562. The molecule has 1 aromatic rings. The third-order valence-electron chi connectivity index (χ3n) is 3.80. The van der Waals surface area contributed by atoms with Crippen molar-refractivity contribution in [1.82, 2.24) is 10.6 Å². The van der Waals surface area contributed by atoms with Gasteiger partial charge in [-0.2, -0.15) is 0 Å². The molecule has 22 heavy (non-hydrogen) atoms. The number of piperidine rings is 1. The third-order valence-corrected chi connectivity index (χ3v) is 3.80. The molecule has 1 heterocycles. The number of nitrogens with one attached hydrogen (secondary N) is 2. The molecule has 0 aliphatic carbocycles. The van der Waals surface area contributed by atoms with Crippen LogP contribution in [0.5, 0.6) is 11.5 Å². The van der Waals surface area contributed by atoms with E-state index >= 15 is 0 Å². The Balaban J connectivity index is 0.00000242. The second-order valence-electron chi connectivity index (χ2n) is 5.38. The maximum absolute atomic E-state index is 12.0. The lowest BCUT2D eigenvalue weighted by atomic mass is 9.99. The van der Waals surface area contributed by atoms with Gasteiger partial charge in [0.15, 0.2) is 11.5 Å². The van der Waals surface area contributed by atoms with Crippen LogP contribution in [0.1, 0.15) is 18.4 Å². The molecule has 1 atom stereocenters. The van der Waals surface area contributed by atoms with Gasteiger partial charge < -0.3 is 20.1 Å². The largest absolute Gasteiger partial charge is 0.493 e. The highest BCUT2D eigenvalue weighted by molar-refractivity contribution is 5.85. The van der Waals surface area contributed by atoms with Crippen molar-refractivity contribution in [1.29, 1.82) is 0 Å². The normalized spacial score (nSPS) is 17.3. The molecule has 0 aromatic heterocycles. The van der Waals surface area contributed by atoms with Crippen molar-refractivity contribution in [3.63, 3.8) is 0 Å². The first-order chi connectivity index (χ1) is 10.2. The number of rotatable bonds is 6. The van der Waals surface area contributed by atoms with Gasteiger partial charge in [0.2, 0.25) is 5.91 Å². The Morgan fingerprint density at radius 1 is 1.32 bits per heavy atom. The first-order valence-electron chi connectivity index (χ1n) is 7.41. The maximum Gasteiger partial charge on any atom is 0.224 e. The number of hydrogen-bond acceptors (Lipinski definition) is 4. The van der Waals surface area contributed by atoms with Crippen LogP contribution in [0.3, 0.4) is 0 Å². The number of halogens is 1. The van der Waals surface area contributed by atoms with Crippen molar-refractivity contribution < 1.29 is 14.3 Å². The predicted octanol–water partition coefficient (Wildman–Crippen LogP) is 1.78. The average Bonchev–Trinajstić information content (AvgIpc) is 2.53. The predicted molar refractivity (Wildman–Crippen MR) is 89.1 cm³/mol. The molecule has 1 amide bonds. The Kier molecular flexibility index (Phi) is 8.06. The second kappa shape index (κ2) is 9.54. The van der Waals surface area contributed by atoms with E-state index < -0.39 is 0 Å². The van der Waals surface area contributed by atoms with E-state index in [1.165, 1.54) is 12.8 Å². The van der Waals surface area contributed by atoms with E-state index in [0.29, 0.717) is 23.8 Å². The van der Waals surface area contributed by atoms with Gasteiger partial charge in [-0.25, -0.2) is 0 Å². The minimum absolute atomic E-state index is 0. The number of hydrogen-bond donors (Lipinski definition) is 2. The van der Waals surface area contributed by atoms with Crippen molar-refractivity contribution in [3.05, 3.63) is 23.8 Å². The Labute approximate surface area is 138 Å². The van der Waals surface area contributed by atoms with Gasteiger partial charge in [-0.05, 0) is 49.5 Å². The molecule has 2 rings (SSSR count). The summed E-state index contributed by atoms with van der Waals surface area (Å²) < 4.78 is 10.4. The third kappa shape index (κ3) is 5.39. The molecule has 0 radical (unpaired) electrons. The fourth-order valence-electron chi connectivity index (χ4n) is 2.59. The molecule has 1 aliphatic rings. The number of amides is 1. The smallest absolute Gasteiger partial charge is 0.224 e. The molecule has 124 valence electrons. The van der Waals surface area contributed by atoms with Crippen molar-refractivity contribution >= 4 is 18.3 Å². The highest BCUT2D eigenvalue weighted by Gasteiger charge is 2.14. The molecule has 2 N–H and O–H groups in total. The van der Waals surface area contributed by atoms with Gasteiger partial charge >= 0.3 is 0 Å². The van der Waals surface area contributed by atoms with Gasteiger partial charge in [-0.15, -0.1) is 12.4 Å². The van der Waals surface area contributed by atoms with Crippen LogP contribution in [-0.4, -0.2) is 39.8 Å². The van der Waals surface area contributed by atoms with Gasteiger partial charge in [0, 0.05) is 6.54 Å². The molecule has 0 bridgehead atoms. The molecule has 1 aromatic carbocycles. The Morgan fingerprint density at radius 3 is 2.73 bits per heavy atom. The summed E-state index contributed by atoms with van der Waals surface area (Å²) in [6.07, 6.45) is 2.74. The fourth-order valence-corrected chi connectivity index (χ4v) is 2.59. The molecule has 1 unspecified atom stereocenters. The zero-order chi connectivity index (χ0) is 15.1. The number of carbonyl (C=O) groups excluding carboxylic acids is 1. The number of carbonyl (C=O) groups is 1. The van der Waals surface area contributed by atoms with Crippen LogP contribution in [0.15, 0.2) is 18.2 Å². The summed E-state index contributed by atoms with van der Waals surface area (Å²) in [6, 6.07) is 5.57. The monoisotopic (exact) mass is 328 g/mol. The van der Waals surface area contributed by atoms with E-state index in [2.05, 4.69) is 10.6 Å². The highest BCUT2D eigenvalue weighted by Crippen LogP contribution is 2.27. The van der Waals surface area contributed by atoms with E-state index in [-0.39, 0.29) is 18.3 Å². The summed E-state index contributed by atoms with van der Waals surface area (Å²) >= 11 is 0. The first-order valence-corrected chi connectivity index (χ1v) is 7.41. The Bertz CT molecular complexity index is 476. The number of benzene rings is 1. The zero-order valence-electron chi connectivity index (χ0n) is 13.2. The van der Waals surface area contributed by atoms with Crippen LogP contribution in [0, 0.1) is 5.92 Å². The van der Waals surface area contributed by atoms with E-state index in [0.717, 1.165) is 25.2 Å². The van der Waals surface area contributed by atoms with Gasteiger partial charge in [-0.3, -0.25) is 4.79 Å². The standard InChI is InChI=1S/C16H24N2O3.ClH/c1-20-14-6-5-12(8-15(14)21-2)9-16(19)18-11-13-4-3-7-17-10-13;/h5-6,8,13,17H,3-4,7,9-11H2,1-2H3,(H,18,19);1H. The molecule has 5 nitrogen and oxygen atoms in total. The van der Waals surface area contributed by atoms with Gasteiger partial charge in [0.1, 0.15) is 0 Å². The minimum Gasteiger partial charge on any atom is -0.493 e. The number of ether oxygens (including phenoxy) is 2. The lowest BCUT2D eigenvalue weighted by Gasteiger charge is -2.22. The lowest BCUT2D eigenvalue weighted by Crippen LogP contribution is -2.38. The van der Waals surface area contributed by atoms with Crippen LogP contribution < -0.4 is 20.1 Å². The molecular formula is C16H25ClN2O3. The number of methoxy groups -OCH3 is 2. The average molecular weight is 329 g/mol. The van der Waals surface area contributed by atoms with Gasteiger partial charge in [0.25, 0.3) is 0 Å². The zero-order valence-corrected chi connectivity index (χ0v) is 14.0. The summed E-state index contributed by atoms with van der Waals surface area (Å²) in [5.41, 5.74) is 0.923. The molecule has 1 aliphatic heterocycles. The van der Waals surface area contributed by atoms with Crippen molar-refractivity contribution in [2.75, 3.05) is 33.9 Å². The summed E-state index contributed by atoms with van der Waals surface area (Å²) in [7, 11) is 3.19. The maximum atomic E-state index is 12.0. The molecule has 0 spiro atoms. The van der Waals surface area contributed by atoms with E-state index in [4.69, 9.17) is 9.47 Å². The minimum atomic E-state index is 0. The van der Waals surface area contributed by atoms with Crippen molar-refractivity contribution in [3.8, 4) is 11.5 Å². The van der Waals surface area contributed by atoms with E-state index in [9.17, 15) is 4.79 Å². The molecule has 0 saturated carbocycles. The van der Waals surface area contributed by atoms with E-state index in [1.807, 2.05) is 18.2 Å². The SMILES string of the molecule is COc1ccc(CC(=O)NCC2CCCNC2)cc1OC.Cl. The van der Waals surface area contributed by atoms with Gasteiger partial charge in [-0.1, -0.05) is 6.07 Å². The van der Waals surface area contributed by atoms with Crippen LogP contribution >= 0.6 is 12.4 Å². The van der Waals surface area contributed by atoms with Crippen LogP contribution in [-0.2, 0) is 11.2 Å². The summed E-state index contributed by atoms with van der Waals surface area (Å²) in [5.74, 6) is 1.93. The molecular weight excluding hydrogens is 304 g/mol. The Morgan fingerprint density at radius 2 is 2.09 bits per heavy atom. The quantitative estimate of drug-likeness (QED) is 0.836. The topological polar surface area (TPSA) is 59.6 Å². The van der Waals surface area contributed by atoms with Crippen LogP contribution in [0.2, 0.25) is 0 Å². The highest BCUT2D eigenvalue weighted by atomic mass is 35.5. The van der Waals surface area contributed by atoms with Gasteiger partial charge in [0.05, 0.1) is 20.6 Å². The van der Waals surface area contributed by atoms with Crippen LogP contribution in [0.25, 0.3) is 0 Å². The summed E-state index contributed by atoms with van der Waals surface area (Å²) in [4.78, 5) is 12.0. The summed E-state index contributed by atoms with van der Waals surface area (Å²) in [6.45, 7) is 2.84. The summed E-state index contributed by atoms with van der Waals surface area (Å²) in [5, 5.41) is 6.37. The lowest BCUT2D eigenvalue weighted by molar-refractivity contribution is -0.120. The molecule has 6 heteroatoms. The van der Waals surface area contributed by atoms with Crippen molar-refractivity contribution in [2.24, 2.45) is 5.92 Å². The first kappa shape index (κ1) is 18.6. The Hall–Kier alpha value is -1.46.